The van der Waals surface area contributed by atoms with E-state index in [1.165, 1.54) is 7.05 Å². The molecule has 0 unspecified atom stereocenters. The third-order valence-corrected chi connectivity index (χ3v) is 1.43. The van der Waals surface area contributed by atoms with Crippen molar-refractivity contribution in [3.05, 3.63) is 0 Å². The van der Waals surface area contributed by atoms with Crippen molar-refractivity contribution in [2.24, 2.45) is 0 Å². The van der Waals surface area contributed by atoms with Gasteiger partial charge in [0.1, 0.15) is 6.54 Å². The van der Waals surface area contributed by atoms with Crippen LogP contribution >= 0.6 is 0 Å². The number of nitrogens with one attached hydrogen (secondary N) is 1. The van der Waals surface area contributed by atoms with Gasteiger partial charge in [-0.05, 0) is 0 Å². The summed E-state index contributed by atoms with van der Waals surface area (Å²) in [5.74, 6) is -1.57. The predicted molar refractivity (Wildman–Crippen MR) is 46.5 cm³/mol. The van der Waals surface area contributed by atoms with E-state index in [1.54, 1.807) is 6.07 Å². The average molecular weight is 194 g/mol. The van der Waals surface area contributed by atoms with E-state index in [0.717, 1.165) is 4.90 Å². The molecule has 0 radical (unpaired) electrons. The number of nitrogens with zero attached hydrogens (tertiary/aromatic N) is 3. The lowest BCUT2D eigenvalue weighted by Gasteiger charge is -2.13. The topological polar surface area (TPSA) is 97.0 Å². The van der Waals surface area contributed by atoms with E-state index in [2.05, 4.69) is 5.32 Å². The summed E-state index contributed by atoms with van der Waals surface area (Å²) in [6.45, 7) is 0.00592. The van der Waals surface area contributed by atoms with Gasteiger partial charge in [-0.3, -0.25) is 9.59 Å². The smallest absolute Gasteiger partial charge is 0.311 e. The minimum absolute atomic E-state index is 0.174. The van der Waals surface area contributed by atoms with Crippen molar-refractivity contribution in [1.29, 1.82) is 10.5 Å². The Labute approximate surface area is 81.7 Å². The molecule has 0 aliphatic heterocycles. The SMILES string of the molecule is CN(CCC#N)C(=O)C(=O)NCC#N. The molecule has 0 saturated heterocycles. The lowest BCUT2D eigenvalue weighted by atomic mass is 10.4. The molecule has 6 heteroatoms. The molecule has 14 heavy (non-hydrogen) atoms. The number of hydrogen-bond acceptors (Lipinski definition) is 4. The van der Waals surface area contributed by atoms with E-state index < -0.39 is 11.8 Å². The van der Waals surface area contributed by atoms with Gasteiger partial charge in [-0.25, -0.2) is 0 Å². The maximum Gasteiger partial charge on any atom is 0.311 e. The van der Waals surface area contributed by atoms with Gasteiger partial charge < -0.3 is 10.2 Å². The summed E-state index contributed by atoms with van der Waals surface area (Å²) in [7, 11) is 1.42. The van der Waals surface area contributed by atoms with E-state index >= 15 is 0 Å². The van der Waals surface area contributed by atoms with Gasteiger partial charge >= 0.3 is 11.8 Å². The molecule has 0 aliphatic carbocycles. The molecule has 1 N–H and O–H groups in total. The number of rotatable bonds is 3. The molecule has 0 rings (SSSR count). The third kappa shape index (κ3) is 4.07. The van der Waals surface area contributed by atoms with Crippen molar-refractivity contribution in [2.45, 2.75) is 6.42 Å². The van der Waals surface area contributed by atoms with Crippen molar-refractivity contribution in [2.75, 3.05) is 20.1 Å². The first kappa shape index (κ1) is 11.9. The van der Waals surface area contributed by atoms with Gasteiger partial charge in [-0.1, -0.05) is 0 Å². The normalized spacial score (nSPS) is 8.21. The van der Waals surface area contributed by atoms with Gasteiger partial charge in [-0.15, -0.1) is 0 Å². The lowest BCUT2D eigenvalue weighted by Crippen LogP contribution is -2.41. The van der Waals surface area contributed by atoms with Crippen molar-refractivity contribution in [3.63, 3.8) is 0 Å². The van der Waals surface area contributed by atoms with Crippen LogP contribution in [0.4, 0.5) is 0 Å². The van der Waals surface area contributed by atoms with Crippen molar-refractivity contribution in [1.82, 2.24) is 10.2 Å². The number of amides is 2. The summed E-state index contributed by atoms with van der Waals surface area (Å²) < 4.78 is 0. The molecule has 0 spiro atoms. The van der Waals surface area contributed by atoms with Crippen molar-refractivity contribution >= 4 is 11.8 Å². The van der Waals surface area contributed by atoms with Crippen molar-refractivity contribution in [3.8, 4) is 12.1 Å². The quantitative estimate of drug-likeness (QED) is 0.460. The van der Waals surface area contributed by atoms with Crippen LogP contribution in [0.2, 0.25) is 0 Å². The average Bonchev–Trinajstić information content (AvgIpc) is 2.21. The highest BCUT2D eigenvalue weighted by molar-refractivity contribution is 6.34. The maximum atomic E-state index is 11.1. The summed E-state index contributed by atoms with van der Waals surface area (Å²) >= 11 is 0. The first-order valence-corrected chi connectivity index (χ1v) is 3.90. The van der Waals surface area contributed by atoms with Gasteiger partial charge in [0, 0.05) is 13.6 Å². The number of hydrogen-bond donors (Lipinski definition) is 1. The molecule has 74 valence electrons. The standard InChI is InChI=1S/C8H10N4O2/c1-12(6-2-3-9)8(14)7(13)11-5-4-10/h2,5-6H2,1H3,(H,11,13). The number of carbonyl (C=O) groups is 2. The fraction of sp³-hybridized carbons (Fsp3) is 0.500. The van der Waals surface area contributed by atoms with Gasteiger partial charge in [0.25, 0.3) is 0 Å². The monoisotopic (exact) mass is 194 g/mol. The molecule has 0 atom stereocenters. The zero-order valence-electron chi connectivity index (χ0n) is 7.78. The summed E-state index contributed by atoms with van der Waals surface area (Å²) in [5, 5.41) is 18.5. The zero-order valence-corrected chi connectivity index (χ0v) is 7.78. The Hall–Kier alpha value is -2.08. The molecule has 0 heterocycles. The van der Waals surface area contributed by atoms with Crippen molar-refractivity contribution < 1.29 is 9.59 Å². The number of carbonyl (C=O) groups excluding carboxylic acids is 2. The van der Waals surface area contributed by atoms with E-state index in [4.69, 9.17) is 10.5 Å². The molecule has 0 aliphatic rings. The van der Waals surface area contributed by atoms with Gasteiger partial charge in [0.15, 0.2) is 0 Å². The minimum Gasteiger partial charge on any atom is -0.336 e. The van der Waals surface area contributed by atoms with Crippen LogP contribution in [-0.4, -0.2) is 36.9 Å². The zero-order chi connectivity index (χ0) is 11.0. The Balaban J connectivity index is 4.00. The second kappa shape index (κ2) is 6.44. The molecule has 0 saturated carbocycles. The molecular formula is C8H10N4O2. The molecule has 2 amide bonds. The second-order valence-corrected chi connectivity index (χ2v) is 2.48. The maximum absolute atomic E-state index is 11.1. The van der Waals surface area contributed by atoms with E-state index in [0.29, 0.717) is 0 Å². The predicted octanol–water partition coefficient (Wildman–Crippen LogP) is -1.00. The Bertz CT molecular complexity index is 299. The van der Waals surface area contributed by atoms with Crippen LogP contribution in [0.25, 0.3) is 0 Å². The summed E-state index contributed by atoms with van der Waals surface area (Å²) in [4.78, 5) is 23.3. The van der Waals surface area contributed by atoms with Crippen LogP contribution in [-0.2, 0) is 9.59 Å². The molecule has 0 aromatic rings. The highest BCUT2D eigenvalue weighted by Gasteiger charge is 2.17. The van der Waals surface area contributed by atoms with Crippen LogP contribution in [0.15, 0.2) is 0 Å². The molecular weight excluding hydrogens is 184 g/mol. The fourth-order valence-corrected chi connectivity index (χ4v) is 0.688. The Morgan fingerprint density at radius 3 is 2.50 bits per heavy atom. The largest absolute Gasteiger partial charge is 0.336 e. The van der Waals surface area contributed by atoms with Crippen LogP contribution in [0.5, 0.6) is 0 Å². The summed E-state index contributed by atoms with van der Waals surface area (Å²) in [6.07, 6.45) is 0.174. The van der Waals surface area contributed by atoms with Gasteiger partial charge in [0.05, 0.1) is 18.6 Å². The molecule has 0 fully saturated rings. The fourth-order valence-electron chi connectivity index (χ4n) is 0.688. The Morgan fingerprint density at radius 2 is 2.00 bits per heavy atom. The molecule has 0 bridgehead atoms. The molecule has 6 nitrogen and oxygen atoms in total. The van der Waals surface area contributed by atoms with Crippen LogP contribution < -0.4 is 5.32 Å². The Morgan fingerprint density at radius 1 is 1.36 bits per heavy atom. The Kier molecular flexibility index (Phi) is 5.48. The van der Waals surface area contributed by atoms with Gasteiger partial charge in [-0.2, -0.15) is 10.5 Å². The summed E-state index contributed by atoms with van der Waals surface area (Å²) in [5.41, 5.74) is 0. The van der Waals surface area contributed by atoms with Crippen LogP contribution in [0, 0.1) is 22.7 Å². The van der Waals surface area contributed by atoms with E-state index in [1.807, 2.05) is 6.07 Å². The number of nitriles is 2. The molecule has 0 aromatic heterocycles. The second-order valence-electron chi connectivity index (χ2n) is 2.48. The third-order valence-electron chi connectivity index (χ3n) is 1.43. The number of likely N-dealkylation sites (N-methyl/N-ethyl adjacent to an activating group) is 1. The first-order valence-electron chi connectivity index (χ1n) is 3.90. The van der Waals surface area contributed by atoms with Gasteiger partial charge in [0.2, 0.25) is 0 Å². The minimum atomic E-state index is -0.827. The summed E-state index contributed by atoms with van der Waals surface area (Å²) in [6, 6.07) is 3.54. The highest BCUT2D eigenvalue weighted by Crippen LogP contribution is 1.87. The highest BCUT2D eigenvalue weighted by atomic mass is 16.2. The lowest BCUT2D eigenvalue weighted by molar-refractivity contribution is -0.144. The van der Waals surface area contributed by atoms with E-state index in [-0.39, 0.29) is 19.5 Å². The van der Waals surface area contributed by atoms with E-state index in [9.17, 15) is 9.59 Å². The van der Waals surface area contributed by atoms with Crippen LogP contribution in [0.1, 0.15) is 6.42 Å². The van der Waals surface area contributed by atoms with Crippen LogP contribution in [0.3, 0.4) is 0 Å². The molecule has 0 aromatic carbocycles. The first-order chi connectivity index (χ1) is 6.63.